The van der Waals surface area contributed by atoms with Crippen LogP contribution in [0.5, 0.6) is 5.75 Å². The molecule has 4 rings (SSSR count). The third-order valence-electron chi connectivity index (χ3n) is 8.21. The smallest absolute Gasteiger partial charge is 0.226 e. The SMILES string of the molecule is C=CCN1CC[C@@]2(c3cccc(OC)c3)C[C@@H](N(C)C(=O)Cc3ccc(Cl)c(Cl)c3)CC(OC)[C@@H]2C1. The molecule has 5 nitrogen and oxygen atoms in total. The molecule has 4 atom stereocenters. The number of ether oxygens (including phenoxy) is 2. The molecule has 1 unspecified atom stereocenters. The van der Waals surface area contributed by atoms with Crippen molar-refractivity contribution < 1.29 is 14.3 Å². The highest BCUT2D eigenvalue weighted by molar-refractivity contribution is 6.42. The number of hydrogen-bond acceptors (Lipinski definition) is 4. The quantitative estimate of drug-likeness (QED) is 0.415. The van der Waals surface area contributed by atoms with E-state index in [9.17, 15) is 4.79 Å². The van der Waals surface area contributed by atoms with Crippen LogP contribution in [0.1, 0.15) is 30.4 Å². The fraction of sp³-hybridized carbons (Fsp3) is 0.483. The van der Waals surface area contributed by atoms with Crippen molar-refractivity contribution in [2.24, 2.45) is 5.92 Å². The molecular formula is C29H36Cl2N2O3. The van der Waals surface area contributed by atoms with E-state index in [-0.39, 0.29) is 29.9 Å². The van der Waals surface area contributed by atoms with Crippen LogP contribution in [0.15, 0.2) is 55.1 Å². The molecule has 1 aliphatic heterocycles. The summed E-state index contributed by atoms with van der Waals surface area (Å²) in [7, 11) is 5.43. The molecule has 1 saturated carbocycles. The number of piperidine rings is 1. The molecule has 36 heavy (non-hydrogen) atoms. The highest BCUT2D eigenvalue weighted by Crippen LogP contribution is 2.51. The van der Waals surface area contributed by atoms with E-state index in [1.54, 1.807) is 26.4 Å². The molecule has 0 N–H and O–H groups in total. The number of rotatable bonds is 8. The molecule has 2 aliphatic rings. The van der Waals surface area contributed by atoms with Crippen molar-refractivity contribution in [3.63, 3.8) is 0 Å². The zero-order valence-electron chi connectivity index (χ0n) is 21.4. The second-order valence-corrected chi connectivity index (χ2v) is 10.9. The van der Waals surface area contributed by atoms with E-state index in [1.165, 1.54) is 5.56 Å². The number of likely N-dealkylation sites (tertiary alicyclic amines) is 1. The van der Waals surface area contributed by atoms with Crippen molar-refractivity contribution in [1.29, 1.82) is 0 Å². The molecular weight excluding hydrogens is 495 g/mol. The van der Waals surface area contributed by atoms with Crippen LogP contribution in [0.2, 0.25) is 10.0 Å². The van der Waals surface area contributed by atoms with Gasteiger partial charge in [0.1, 0.15) is 5.75 Å². The number of likely N-dealkylation sites (N-methyl/N-ethyl adjacent to an activating group) is 1. The Morgan fingerprint density at radius 1 is 1.22 bits per heavy atom. The summed E-state index contributed by atoms with van der Waals surface area (Å²) in [6.07, 6.45) is 4.97. The fourth-order valence-electron chi connectivity index (χ4n) is 6.22. The molecule has 1 heterocycles. The van der Waals surface area contributed by atoms with Gasteiger partial charge in [0, 0.05) is 44.6 Å². The number of hydrogen-bond donors (Lipinski definition) is 0. The van der Waals surface area contributed by atoms with E-state index in [0.29, 0.717) is 16.0 Å². The maximum absolute atomic E-state index is 13.4. The summed E-state index contributed by atoms with van der Waals surface area (Å²) in [6, 6.07) is 13.9. The molecule has 194 valence electrons. The number of carbonyl (C=O) groups excluding carboxylic acids is 1. The molecule has 1 saturated heterocycles. The van der Waals surface area contributed by atoms with Gasteiger partial charge in [-0.2, -0.15) is 0 Å². The van der Waals surface area contributed by atoms with Crippen molar-refractivity contribution >= 4 is 29.1 Å². The van der Waals surface area contributed by atoms with Crippen LogP contribution in [0, 0.1) is 5.92 Å². The number of nitrogens with zero attached hydrogens (tertiary/aromatic N) is 2. The van der Waals surface area contributed by atoms with Gasteiger partial charge in [0.25, 0.3) is 0 Å². The summed E-state index contributed by atoms with van der Waals surface area (Å²) >= 11 is 12.3. The number of methoxy groups -OCH3 is 2. The normalized spacial score (nSPS) is 26.2. The van der Waals surface area contributed by atoms with Gasteiger partial charge < -0.3 is 14.4 Å². The summed E-state index contributed by atoms with van der Waals surface area (Å²) in [6.45, 7) is 6.73. The zero-order valence-corrected chi connectivity index (χ0v) is 22.9. The second kappa shape index (κ2) is 11.6. The van der Waals surface area contributed by atoms with E-state index in [2.05, 4.69) is 29.7 Å². The molecule has 0 radical (unpaired) electrons. The Balaban J connectivity index is 1.64. The Morgan fingerprint density at radius 3 is 2.72 bits per heavy atom. The summed E-state index contributed by atoms with van der Waals surface area (Å²) < 4.78 is 11.7. The summed E-state index contributed by atoms with van der Waals surface area (Å²) in [5.41, 5.74) is 2.01. The topological polar surface area (TPSA) is 42.0 Å². The minimum Gasteiger partial charge on any atom is -0.497 e. The first kappa shape index (κ1) is 27.0. The number of carbonyl (C=O) groups is 1. The van der Waals surface area contributed by atoms with Gasteiger partial charge in [-0.05, 0) is 61.2 Å². The molecule has 0 aromatic heterocycles. The van der Waals surface area contributed by atoms with Crippen molar-refractivity contribution in [3.8, 4) is 5.75 Å². The number of halogens is 2. The number of fused-ring (bicyclic) bond motifs is 1. The summed E-state index contributed by atoms with van der Waals surface area (Å²) in [5.74, 6) is 1.23. The molecule has 0 bridgehead atoms. The molecule has 2 aromatic carbocycles. The van der Waals surface area contributed by atoms with Crippen molar-refractivity contribution in [1.82, 2.24) is 9.80 Å². The second-order valence-electron chi connectivity index (χ2n) is 10.1. The average Bonchev–Trinajstić information content (AvgIpc) is 2.89. The fourth-order valence-corrected chi connectivity index (χ4v) is 6.54. The average molecular weight is 532 g/mol. The van der Waals surface area contributed by atoms with Crippen molar-refractivity contribution in [3.05, 3.63) is 76.3 Å². The van der Waals surface area contributed by atoms with Crippen LogP contribution in [0.3, 0.4) is 0 Å². The predicted molar refractivity (Wildman–Crippen MR) is 146 cm³/mol. The lowest BCUT2D eigenvalue weighted by atomic mass is 9.56. The van der Waals surface area contributed by atoms with Crippen LogP contribution >= 0.6 is 23.2 Å². The monoisotopic (exact) mass is 530 g/mol. The summed E-state index contributed by atoms with van der Waals surface area (Å²) in [4.78, 5) is 17.8. The van der Waals surface area contributed by atoms with Crippen LogP contribution in [0.25, 0.3) is 0 Å². The third kappa shape index (κ3) is 5.45. The van der Waals surface area contributed by atoms with Crippen LogP contribution in [-0.4, -0.2) is 68.8 Å². The van der Waals surface area contributed by atoms with Gasteiger partial charge in [-0.15, -0.1) is 6.58 Å². The lowest BCUT2D eigenvalue weighted by Gasteiger charge is -2.56. The van der Waals surface area contributed by atoms with Crippen LogP contribution in [-0.2, 0) is 21.4 Å². The first-order valence-electron chi connectivity index (χ1n) is 12.5. The van der Waals surface area contributed by atoms with Gasteiger partial charge in [0.05, 0.1) is 29.7 Å². The number of benzene rings is 2. The van der Waals surface area contributed by atoms with Gasteiger partial charge in [-0.3, -0.25) is 9.69 Å². The maximum atomic E-state index is 13.4. The predicted octanol–water partition coefficient (Wildman–Crippen LogP) is 5.63. The highest BCUT2D eigenvalue weighted by atomic mass is 35.5. The van der Waals surface area contributed by atoms with Gasteiger partial charge in [-0.1, -0.05) is 47.5 Å². The summed E-state index contributed by atoms with van der Waals surface area (Å²) in [5, 5.41) is 0.957. The molecule has 0 spiro atoms. The standard InChI is InChI=1S/C29H36Cl2N2O3/c1-5-12-33-13-11-29(21-7-6-8-23(16-21)35-3)18-22(17-27(36-4)24(29)19-33)32(2)28(34)15-20-9-10-25(30)26(31)14-20/h5-10,14,16,22,24,27H,1,11-13,15,17-19H2,2-4H3/t22-,24-,27?,29-/m0/s1. The Hall–Kier alpha value is -2.05. The first-order chi connectivity index (χ1) is 17.3. The van der Waals surface area contributed by atoms with E-state index in [1.807, 2.05) is 30.2 Å². The van der Waals surface area contributed by atoms with Crippen LogP contribution < -0.4 is 4.74 Å². The lowest BCUT2D eigenvalue weighted by Crippen LogP contribution is -2.61. The van der Waals surface area contributed by atoms with Crippen LogP contribution in [0.4, 0.5) is 0 Å². The number of amides is 1. The van der Waals surface area contributed by atoms with E-state index >= 15 is 0 Å². The van der Waals surface area contributed by atoms with E-state index < -0.39 is 0 Å². The van der Waals surface area contributed by atoms with Gasteiger partial charge in [-0.25, -0.2) is 0 Å². The largest absolute Gasteiger partial charge is 0.497 e. The molecule has 1 amide bonds. The molecule has 7 heteroatoms. The molecule has 2 fully saturated rings. The van der Waals surface area contributed by atoms with E-state index in [4.69, 9.17) is 32.7 Å². The van der Waals surface area contributed by atoms with Crippen molar-refractivity contribution in [2.75, 3.05) is 40.9 Å². The van der Waals surface area contributed by atoms with Gasteiger partial charge in [0.2, 0.25) is 5.91 Å². The zero-order chi connectivity index (χ0) is 25.9. The Bertz CT molecular complexity index is 1090. The first-order valence-corrected chi connectivity index (χ1v) is 13.3. The third-order valence-corrected chi connectivity index (χ3v) is 8.95. The maximum Gasteiger partial charge on any atom is 0.226 e. The molecule has 2 aromatic rings. The highest BCUT2D eigenvalue weighted by Gasteiger charge is 2.53. The Morgan fingerprint density at radius 2 is 2.03 bits per heavy atom. The Labute approximate surface area is 225 Å². The molecule has 1 aliphatic carbocycles. The van der Waals surface area contributed by atoms with Crippen molar-refractivity contribution in [2.45, 2.75) is 43.2 Å². The van der Waals surface area contributed by atoms with E-state index in [0.717, 1.165) is 50.2 Å². The van der Waals surface area contributed by atoms with Gasteiger partial charge in [0.15, 0.2) is 0 Å². The Kier molecular flexibility index (Phi) is 8.67. The minimum atomic E-state index is -0.117. The minimum absolute atomic E-state index is 0.0304. The lowest BCUT2D eigenvalue weighted by molar-refractivity contribution is -0.136. The van der Waals surface area contributed by atoms with Gasteiger partial charge >= 0.3 is 0 Å².